The molecular formula is C16H28N4O2. The van der Waals surface area contributed by atoms with E-state index in [1.807, 2.05) is 38.8 Å². The van der Waals surface area contributed by atoms with E-state index < -0.39 is 5.60 Å². The largest absolute Gasteiger partial charge is 0.444 e. The molecule has 1 unspecified atom stereocenters. The van der Waals surface area contributed by atoms with Crippen molar-refractivity contribution in [2.24, 2.45) is 13.0 Å². The molecule has 1 aliphatic rings. The van der Waals surface area contributed by atoms with Gasteiger partial charge in [0, 0.05) is 26.2 Å². The summed E-state index contributed by atoms with van der Waals surface area (Å²) in [5, 5.41) is 4.38. The molecule has 1 fully saturated rings. The van der Waals surface area contributed by atoms with E-state index in [1.165, 1.54) is 0 Å². The summed E-state index contributed by atoms with van der Waals surface area (Å²) in [4.78, 5) is 14.0. The fraction of sp³-hybridized carbons (Fsp3) is 0.750. The molecular weight excluding hydrogens is 280 g/mol. The van der Waals surface area contributed by atoms with E-state index in [-0.39, 0.29) is 6.09 Å². The summed E-state index contributed by atoms with van der Waals surface area (Å²) in [5.74, 6) is 1.19. The lowest BCUT2D eigenvalue weighted by Crippen LogP contribution is -2.43. The van der Waals surface area contributed by atoms with Crippen molar-refractivity contribution in [2.75, 3.05) is 18.8 Å². The van der Waals surface area contributed by atoms with Gasteiger partial charge in [-0.3, -0.25) is 4.68 Å². The SMILES string of the molecule is Cn1nc(CCC2CCCN(C(=O)OC(C)(C)C)C2)cc1N. The van der Waals surface area contributed by atoms with E-state index in [1.54, 1.807) is 4.68 Å². The smallest absolute Gasteiger partial charge is 0.410 e. The van der Waals surface area contributed by atoms with E-state index in [0.717, 1.165) is 44.5 Å². The zero-order valence-electron chi connectivity index (χ0n) is 14.1. The van der Waals surface area contributed by atoms with Crippen LogP contribution in [0.5, 0.6) is 0 Å². The van der Waals surface area contributed by atoms with Crippen LogP contribution in [0.4, 0.5) is 10.6 Å². The molecule has 2 rings (SSSR count). The number of rotatable bonds is 3. The van der Waals surface area contributed by atoms with Gasteiger partial charge in [-0.2, -0.15) is 5.10 Å². The molecule has 0 saturated carbocycles. The molecule has 6 heteroatoms. The van der Waals surface area contributed by atoms with Crippen LogP contribution >= 0.6 is 0 Å². The van der Waals surface area contributed by atoms with Crippen LogP contribution in [0.15, 0.2) is 6.07 Å². The van der Waals surface area contributed by atoms with Crippen LogP contribution in [0.2, 0.25) is 0 Å². The maximum atomic E-state index is 12.2. The Kier molecular flexibility index (Phi) is 4.98. The average molecular weight is 308 g/mol. The summed E-state index contributed by atoms with van der Waals surface area (Å²) in [7, 11) is 1.85. The Labute approximate surface area is 132 Å². The summed E-state index contributed by atoms with van der Waals surface area (Å²) in [6.45, 7) is 7.27. The first kappa shape index (κ1) is 16.6. The first-order valence-corrected chi connectivity index (χ1v) is 8.01. The third kappa shape index (κ3) is 4.64. The van der Waals surface area contributed by atoms with Crippen molar-refractivity contribution >= 4 is 11.9 Å². The molecule has 1 aliphatic heterocycles. The molecule has 1 saturated heterocycles. The van der Waals surface area contributed by atoms with E-state index in [2.05, 4.69) is 5.10 Å². The second kappa shape index (κ2) is 6.58. The van der Waals surface area contributed by atoms with Gasteiger partial charge in [-0.25, -0.2) is 4.79 Å². The van der Waals surface area contributed by atoms with Crippen molar-refractivity contribution in [3.05, 3.63) is 11.8 Å². The number of nitrogen functional groups attached to an aromatic ring is 1. The van der Waals surface area contributed by atoms with Crippen LogP contribution < -0.4 is 5.73 Å². The second-order valence-electron chi connectivity index (χ2n) is 7.16. The van der Waals surface area contributed by atoms with Crippen molar-refractivity contribution in [2.45, 2.75) is 52.1 Å². The van der Waals surface area contributed by atoms with Gasteiger partial charge < -0.3 is 15.4 Å². The zero-order valence-corrected chi connectivity index (χ0v) is 14.1. The zero-order chi connectivity index (χ0) is 16.3. The third-order valence-corrected chi connectivity index (χ3v) is 3.95. The van der Waals surface area contributed by atoms with Gasteiger partial charge in [-0.05, 0) is 52.4 Å². The minimum atomic E-state index is -0.435. The maximum Gasteiger partial charge on any atom is 0.410 e. The second-order valence-corrected chi connectivity index (χ2v) is 7.16. The van der Waals surface area contributed by atoms with Crippen molar-refractivity contribution in [1.82, 2.24) is 14.7 Å². The molecule has 0 aliphatic carbocycles. The molecule has 1 aromatic heterocycles. The van der Waals surface area contributed by atoms with Crippen LogP contribution in [0.25, 0.3) is 0 Å². The molecule has 2 heterocycles. The Morgan fingerprint density at radius 1 is 1.50 bits per heavy atom. The minimum absolute atomic E-state index is 0.195. The van der Waals surface area contributed by atoms with Gasteiger partial charge in [0.15, 0.2) is 0 Å². The molecule has 2 N–H and O–H groups in total. The summed E-state index contributed by atoms with van der Waals surface area (Å²) in [5.41, 5.74) is 6.39. The highest BCUT2D eigenvalue weighted by Crippen LogP contribution is 2.23. The number of ether oxygens (including phenoxy) is 1. The minimum Gasteiger partial charge on any atom is -0.444 e. The predicted molar refractivity (Wildman–Crippen MR) is 86.5 cm³/mol. The van der Waals surface area contributed by atoms with Crippen LogP contribution in [-0.4, -0.2) is 39.5 Å². The van der Waals surface area contributed by atoms with E-state index in [9.17, 15) is 4.79 Å². The first-order chi connectivity index (χ1) is 10.2. The lowest BCUT2D eigenvalue weighted by molar-refractivity contribution is 0.0162. The molecule has 1 aromatic rings. The molecule has 124 valence electrons. The number of hydrogen-bond donors (Lipinski definition) is 1. The topological polar surface area (TPSA) is 73.4 Å². The van der Waals surface area contributed by atoms with Crippen molar-refractivity contribution in [3.63, 3.8) is 0 Å². The first-order valence-electron chi connectivity index (χ1n) is 8.01. The summed E-state index contributed by atoms with van der Waals surface area (Å²) in [6.07, 6.45) is 3.92. The molecule has 1 amide bonds. The quantitative estimate of drug-likeness (QED) is 0.931. The highest BCUT2D eigenvalue weighted by Gasteiger charge is 2.27. The standard InChI is InChI=1S/C16H28N4O2/c1-16(2,3)22-15(21)20-9-5-6-12(11-20)7-8-13-10-14(17)19(4)18-13/h10,12H,5-9,11,17H2,1-4H3. The average Bonchev–Trinajstić information content (AvgIpc) is 2.74. The summed E-state index contributed by atoms with van der Waals surface area (Å²) < 4.78 is 7.16. The van der Waals surface area contributed by atoms with Crippen LogP contribution in [0.3, 0.4) is 0 Å². The highest BCUT2D eigenvalue weighted by atomic mass is 16.6. The van der Waals surface area contributed by atoms with Gasteiger partial charge in [-0.1, -0.05) is 0 Å². The Morgan fingerprint density at radius 3 is 2.82 bits per heavy atom. The van der Waals surface area contributed by atoms with Gasteiger partial charge in [0.1, 0.15) is 11.4 Å². The Hall–Kier alpha value is -1.72. The lowest BCUT2D eigenvalue weighted by Gasteiger charge is -2.34. The fourth-order valence-electron chi connectivity index (χ4n) is 2.81. The number of amides is 1. The van der Waals surface area contributed by atoms with Gasteiger partial charge in [0.25, 0.3) is 0 Å². The number of carbonyl (C=O) groups excluding carboxylic acids is 1. The number of aryl methyl sites for hydroxylation is 2. The van der Waals surface area contributed by atoms with Gasteiger partial charge >= 0.3 is 6.09 Å². The van der Waals surface area contributed by atoms with Crippen LogP contribution in [0.1, 0.15) is 45.7 Å². The molecule has 22 heavy (non-hydrogen) atoms. The Bertz CT molecular complexity index is 499. The molecule has 1 atom stereocenters. The molecule has 0 aromatic carbocycles. The third-order valence-electron chi connectivity index (χ3n) is 3.95. The number of nitrogens with zero attached hydrogens (tertiary/aromatic N) is 3. The van der Waals surface area contributed by atoms with Gasteiger partial charge in [0.2, 0.25) is 0 Å². The van der Waals surface area contributed by atoms with Crippen molar-refractivity contribution < 1.29 is 9.53 Å². The Balaban J connectivity index is 1.84. The summed E-state index contributed by atoms with van der Waals surface area (Å²) >= 11 is 0. The van der Waals surface area contributed by atoms with E-state index in [4.69, 9.17) is 10.5 Å². The van der Waals surface area contributed by atoms with Crippen LogP contribution in [-0.2, 0) is 18.2 Å². The monoisotopic (exact) mass is 308 g/mol. The van der Waals surface area contributed by atoms with Crippen LogP contribution in [0, 0.1) is 5.92 Å². The van der Waals surface area contributed by atoms with E-state index >= 15 is 0 Å². The number of hydrogen-bond acceptors (Lipinski definition) is 4. The number of likely N-dealkylation sites (tertiary alicyclic amines) is 1. The van der Waals surface area contributed by atoms with Crippen molar-refractivity contribution in [3.8, 4) is 0 Å². The number of nitrogens with two attached hydrogens (primary N) is 1. The lowest BCUT2D eigenvalue weighted by atomic mass is 9.93. The maximum absolute atomic E-state index is 12.2. The highest BCUT2D eigenvalue weighted by molar-refractivity contribution is 5.68. The summed E-state index contributed by atoms with van der Waals surface area (Å²) in [6, 6.07) is 1.93. The van der Waals surface area contributed by atoms with Gasteiger partial charge in [0.05, 0.1) is 5.69 Å². The number of piperidine rings is 1. The molecule has 0 bridgehead atoms. The predicted octanol–water partition coefficient (Wildman–Crippen LogP) is 2.58. The Morgan fingerprint density at radius 2 is 2.23 bits per heavy atom. The molecule has 0 radical (unpaired) electrons. The van der Waals surface area contributed by atoms with Crippen molar-refractivity contribution in [1.29, 1.82) is 0 Å². The number of aromatic nitrogens is 2. The molecule has 0 spiro atoms. The molecule has 6 nitrogen and oxygen atoms in total. The number of anilines is 1. The normalized spacial score (nSPS) is 19.3. The fourth-order valence-corrected chi connectivity index (χ4v) is 2.81. The number of carbonyl (C=O) groups is 1. The van der Waals surface area contributed by atoms with Gasteiger partial charge in [-0.15, -0.1) is 0 Å². The van der Waals surface area contributed by atoms with E-state index in [0.29, 0.717) is 11.7 Å².